The van der Waals surface area contributed by atoms with Crippen molar-refractivity contribution in [3.05, 3.63) is 34.7 Å². The van der Waals surface area contributed by atoms with Crippen LogP contribution in [-0.2, 0) is 27.5 Å². The van der Waals surface area contributed by atoms with E-state index in [2.05, 4.69) is 0 Å². The van der Waals surface area contributed by atoms with Gasteiger partial charge in [0.1, 0.15) is 0 Å². The molecule has 2 aliphatic rings. The minimum absolute atomic E-state index is 0.0433. The third-order valence-electron chi connectivity index (χ3n) is 6.29. The van der Waals surface area contributed by atoms with Gasteiger partial charge in [-0.1, -0.05) is 12.1 Å². The first-order valence-electron chi connectivity index (χ1n) is 11.0. The van der Waals surface area contributed by atoms with Gasteiger partial charge in [-0.25, -0.2) is 4.79 Å². The van der Waals surface area contributed by atoms with Crippen LogP contribution in [0.5, 0.6) is 0 Å². The number of rotatable bonds is 4. The largest absolute Gasteiger partial charge is 0.339 e. The fourth-order valence-electron chi connectivity index (χ4n) is 4.51. The van der Waals surface area contributed by atoms with Crippen LogP contribution >= 0.6 is 0 Å². The monoisotopic (exact) mass is 427 g/mol. The first kappa shape index (κ1) is 21.1. The van der Waals surface area contributed by atoms with E-state index in [1.54, 1.807) is 23.8 Å². The lowest BCUT2D eigenvalue weighted by atomic mass is 10.2. The summed E-state index contributed by atoms with van der Waals surface area (Å²) in [5.74, 6) is -0.935. The van der Waals surface area contributed by atoms with Gasteiger partial charge in [-0.3, -0.25) is 23.5 Å². The highest BCUT2D eigenvalue weighted by atomic mass is 16.2. The third kappa shape index (κ3) is 4.08. The van der Waals surface area contributed by atoms with Crippen LogP contribution in [0.15, 0.2) is 29.1 Å². The Bertz CT molecular complexity index is 1040. The number of aromatic nitrogens is 2. The number of benzene rings is 1. The van der Waals surface area contributed by atoms with Crippen LogP contribution in [0.1, 0.15) is 26.2 Å². The van der Waals surface area contributed by atoms with E-state index < -0.39 is 11.8 Å². The maximum Gasteiger partial charge on any atom is 0.329 e. The Morgan fingerprint density at radius 3 is 1.87 bits per heavy atom. The summed E-state index contributed by atoms with van der Waals surface area (Å²) < 4.78 is 3.37. The highest BCUT2D eigenvalue weighted by Gasteiger charge is 2.31. The summed E-state index contributed by atoms with van der Waals surface area (Å²) in [7, 11) is 0. The van der Waals surface area contributed by atoms with Crippen molar-refractivity contribution in [2.45, 2.75) is 39.3 Å². The number of piperazine rings is 1. The number of amides is 3. The lowest BCUT2D eigenvalue weighted by Crippen LogP contribution is -2.54. The van der Waals surface area contributed by atoms with E-state index >= 15 is 0 Å². The molecule has 1 aromatic carbocycles. The Morgan fingerprint density at radius 2 is 1.29 bits per heavy atom. The maximum atomic E-state index is 12.7. The molecular formula is C22H29N5O4. The smallest absolute Gasteiger partial charge is 0.329 e. The fraction of sp³-hybridized carbons (Fsp3) is 0.545. The second-order valence-corrected chi connectivity index (χ2v) is 8.09. The summed E-state index contributed by atoms with van der Waals surface area (Å²) in [5.41, 5.74) is 1.60. The Labute approximate surface area is 180 Å². The minimum Gasteiger partial charge on any atom is -0.339 e. The van der Waals surface area contributed by atoms with Crippen molar-refractivity contribution < 1.29 is 14.4 Å². The summed E-state index contributed by atoms with van der Waals surface area (Å²) in [5, 5.41) is 0. The molecule has 9 heteroatoms. The Hall–Kier alpha value is -3.10. The number of carbonyl (C=O) groups excluding carboxylic acids is 3. The second-order valence-electron chi connectivity index (χ2n) is 8.09. The zero-order chi connectivity index (χ0) is 22.0. The highest BCUT2D eigenvalue weighted by Crippen LogP contribution is 2.14. The van der Waals surface area contributed by atoms with Gasteiger partial charge in [0, 0.05) is 58.8 Å². The minimum atomic E-state index is -0.465. The molecule has 0 N–H and O–H groups in total. The predicted molar refractivity (Wildman–Crippen MR) is 115 cm³/mol. The number of imidazole rings is 1. The molecule has 4 rings (SSSR count). The zero-order valence-corrected chi connectivity index (χ0v) is 18.0. The lowest BCUT2D eigenvalue weighted by Gasteiger charge is -2.35. The van der Waals surface area contributed by atoms with Crippen molar-refractivity contribution in [1.82, 2.24) is 23.8 Å². The highest BCUT2D eigenvalue weighted by molar-refractivity contribution is 6.35. The van der Waals surface area contributed by atoms with Crippen LogP contribution in [0.25, 0.3) is 11.0 Å². The van der Waals surface area contributed by atoms with E-state index in [-0.39, 0.29) is 18.0 Å². The van der Waals surface area contributed by atoms with Crippen molar-refractivity contribution >= 4 is 28.8 Å². The number of nitrogens with zero attached hydrogens (tertiary/aromatic N) is 5. The number of hydrogen-bond acceptors (Lipinski definition) is 4. The van der Waals surface area contributed by atoms with Gasteiger partial charge < -0.3 is 14.7 Å². The summed E-state index contributed by atoms with van der Waals surface area (Å²) in [4.78, 5) is 55.1. The van der Waals surface area contributed by atoms with E-state index in [1.807, 2.05) is 31.2 Å². The molecule has 3 amide bonds. The molecule has 166 valence electrons. The lowest BCUT2D eigenvalue weighted by molar-refractivity contribution is -0.153. The van der Waals surface area contributed by atoms with Crippen LogP contribution < -0.4 is 5.69 Å². The molecule has 1 aromatic heterocycles. The van der Waals surface area contributed by atoms with Crippen LogP contribution in [0, 0.1) is 0 Å². The molecule has 0 unspecified atom stereocenters. The van der Waals surface area contributed by atoms with Gasteiger partial charge in [0.2, 0.25) is 5.91 Å². The molecule has 2 saturated heterocycles. The standard InChI is InChI=1S/C22H29N5O4/c1-2-26-17-7-3-4-8-18(17)27(22(26)31)12-9-19(28)23-13-15-25(16-14-23)21(30)20(29)24-10-5-6-11-24/h3-4,7-8H,2,5-6,9-16H2,1H3. The number of fused-ring (bicyclic) bond motifs is 1. The van der Waals surface area contributed by atoms with Crippen molar-refractivity contribution in [3.8, 4) is 0 Å². The zero-order valence-electron chi connectivity index (χ0n) is 18.0. The molecule has 0 bridgehead atoms. The molecule has 9 nitrogen and oxygen atoms in total. The van der Waals surface area contributed by atoms with Crippen molar-refractivity contribution in [3.63, 3.8) is 0 Å². The Kier molecular flexibility index (Phi) is 6.11. The summed E-state index contributed by atoms with van der Waals surface area (Å²) in [6, 6.07) is 7.60. The normalized spacial score (nSPS) is 16.9. The summed E-state index contributed by atoms with van der Waals surface area (Å²) in [6.45, 7) is 5.65. The second kappa shape index (κ2) is 8.95. The van der Waals surface area contributed by atoms with Crippen LogP contribution in [0.4, 0.5) is 0 Å². The number of para-hydroxylation sites is 2. The van der Waals surface area contributed by atoms with E-state index in [0.717, 1.165) is 23.9 Å². The predicted octanol–water partition coefficient (Wildman–Crippen LogP) is 0.506. The van der Waals surface area contributed by atoms with Gasteiger partial charge in [-0.2, -0.15) is 0 Å². The molecule has 31 heavy (non-hydrogen) atoms. The average Bonchev–Trinajstić information content (AvgIpc) is 3.43. The average molecular weight is 428 g/mol. The first-order valence-corrected chi connectivity index (χ1v) is 11.0. The Morgan fingerprint density at radius 1 is 0.774 bits per heavy atom. The topological polar surface area (TPSA) is 87.9 Å². The molecular weight excluding hydrogens is 398 g/mol. The Balaban J connectivity index is 1.33. The van der Waals surface area contributed by atoms with Gasteiger partial charge >= 0.3 is 17.5 Å². The molecule has 0 saturated carbocycles. The molecule has 0 aliphatic carbocycles. The van der Waals surface area contributed by atoms with Gasteiger partial charge in [0.25, 0.3) is 0 Å². The van der Waals surface area contributed by atoms with Crippen LogP contribution in [0.3, 0.4) is 0 Å². The van der Waals surface area contributed by atoms with Gasteiger partial charge in [0.05, 0.1) is 11.0 Å². The number of aryl methyl sites for hydroxylation is 2. The molecule has 0 spiro atoms. The maximum absolute atomic E-state index is 12.7. The van der Waals surface area contributed by atoms with Gasteiger partial charge in [-0.15, -0.1) is 0 Å². The summed E-state index contributed by atoms with van der Waals surface area (Å²) >= 11 is 0. The van der Waals surface area contributed by atoms with E-state index in [1.165, 1.54) is 0 Å². The first-order chi connectivity index (χ1) is 15.0. The van der Waals surface area contributed by atoms with E-state index in [9.17, 15) is 19.2 Å². The number of carbonyl (C=O) groups is 3. The van der Waals surface area contributed by atoms with E-state index in [4.69, 9.17) is 0 Å². The molecule has 3 heterocycles. The third-order valence-corrected chi connectivity index (χ3v) is 6.29. The quantitative estimate of drug-likeness (QED) is 0.665. The summed E-state index contributed by atoms with van der Waals surface area (Å²) in [6.07, 6.45) is 2.11. The van der Waals surface area contributed by atoms with Crippen LogP contribution in [-0.4, -0.2) is 80.8 Å². The van der Waals surface area contributed by atoms with Crippen molar-refractivity contribution in [1.29, 1.82) is 0 Å². The number of likely N-dealkylation sites (tertiary alicyclic amines) is 1. The fourth-order valence-corrected chi connectivity index (χ4v) is 4.51. The SMILES string of the molecule is CCn1c(=O)n(CCC(=O)N2CCN(C(=O)C(=O)N3CCCC3)CC2)c2ccccc21. The molecule has 0 radical (unpaired) electrons. The van der Waals surface area contributed by atoms with Crippen LogP contribution in [0.2, 0.25) is 0 Å². The molecule has 2 aliphatic heterocycles. The molecule has 2 aromatic rings. The van der Waals surface area contributed by atoms with Crippen molar-refractivity contribution in [2.75, 3.05) is 39.3 Å². The number of hydrogen-bond donors (Lipinski definition) is 0. The van der Waals surface area contributed by atoms with Gasteiger partial charge in [-0.05, 0) is 31.9 Å². The molecule has 2 fully saturated rings. The van der Waals surface area contributed by atoms with E-state index in [0.29, 0.717) is 52.4 Å². The molecule has 0 atom stereocenters. The van der Waals surface area contributed by atoms with Crippen molar-refractivity contribution in [2.24, 2.45) is 0 Å². The van der Waals surface area contributed by atoms with Gasteiger partial charge in [0.15, 0.2) is 0 Å².